The molecule has 1 aromatic heterocycles. The van der Waals surface area contributed by atoms with Crippen molar-refractivity contribution in [1.82, 2.24) is 9.71 Å². The standard InChI is InChI=1S/C9H15N3O2S2/c1-6-8(15-9(10)11-6)16(13,14)12-7-4-2-3-5-7/h7,12H,2-5H2,1H3,(H2,10,11). The number of rotatable bonds is 3. The molecule has 1 fully saturated rings. The van der Waals surface area contributed by atoms with E-state index >= 15 is 0 Å². The summed E-state index contributed by atoms with van der Waals surface area (Å²) in [6.45, 7) is 1.66. The number of hydrogen-bond acceptors (Lipinski definition) is 5. The molecule has 0 radical (unpaired) electrons. The molecule has 90 valence electrons. The van der Waals surface area contributed by atoms with Crippen molar-refractivity contribution >= 4 is 26.5 Å². The van der Waals surface area contributed by atoms with Crippen LogP contribution >= 0.6 is 11.3 Å². The van der Waals surface area contributed by atoms with Gasteiger partial charge in [0.1, 0.15) is 0 Å². The maximum Gasteiger partial charge on any atom is 0.252 e. The number of thiazole rings is 1. The van der Waals surface area contributed by atoms with Gasteiger partial charge < -0.3 is 5.73 Å². The van der Waals surface area contributed by atoms with Crippen molar-refractivity contribution in [2.24, 2.45) is 0 Å². The van der Waals surface area contributed by atoms with Gasteiger partial charge in [-0.15, -0.1) is 0 Å². The molecule has 5 nitrogen and oxygen atoms in total. The van der Waals surface area contributed by atoms with Crippen LogP contribution in [0.1, 0.15) is 31.4 Å². The summed E-state index contributed by atoms with van der Waals surface area (Å²) in [5.74, 6) is 0. The highest BCUT2D eigenvalue weighted by Crippen LogP contribution is 2.26. The molecule has 0 atom stereocenters. The molecule has 1 saturated carbocycles. The van der Waals surface area contributed by atoms with E-state index in [2.05, 4.69) is 9.71 Å². The minimum Gasteiger partial charge on any atom is -0.375 e. The van der Waals surface area contributed by atoms with Crippen LogP contribution < -0.4 is 10.5 Å². The third-order valence-electron chi connectivity index (χ3n) is 2.69. The fraction of sp³-hybridized carbons (Fsp3) is 0.667. The Hall–Kier alpha value is -0.660. The second kappa shape index (κ2) is 4.31. The zero-order chi connectivity index (χ0) is 11.8. The topological polar surface area (TPSA) is 85.1 Å². The number of nitrogens with zero attached hydrogens (tertiary/aromatic N) is 1. The van der Waals surface area contributed by atoms with Crippen molar-refractivity contribution in [3.05, 3.63) is 5.69 Å². The normalized spacial score (nSPS) is 18.1. The molecular formula is C9H15N3O2S2. The molecule has 2 rings (SSSR count). The average Bonchev–Trinajstić information content (AvgIpc) is 2.75. The largest absolute Gasteiger partial charge is 0.375 e. The molecule has 1 heterocycles. The summed E-state index contributed by atoms with van der Waals surface area (Å²) in [5.41, 5.74) is 5.98. The summed E-state index contributed by atoms with van der Waals surface area (Å²) in [5, 5.41) is 0.296. The first-order chi connectivity index (χ1) is 7.49. The van der Waals surface area contributed by atoms with E-state index in [1.165, 1.54) is 0 Å². The molecule has 0 aliphatic heterocycles. The fourth-order valence-electron chi connectivity index (χ4n) is 1.97. The first kappa shape index (κ1) is 11.8. The number of hydrogen-bond donors (Lipinski definition) is 2. The molecule has 7 heteroatoms. The maximum absolute atomic E-state index is 12.0. The van der Waals surface area contributed by atoms with E-state index in [4.69, 9.17) is 5.73 Å². The SMILES string of the molecule is Cc1nc(N)sc1S(=O)(=O)NC1CCCC1. The van der Waals surface area contributed by atoms with Crippen molar-refractivity contribution in [3.8, 4) is 0 Å². The Kier molecular flexibility index (Phi) is 3.18. The monoisotopic (exact) mass is 261 g/mol. The highest BCUT2D eigenvalue weighted by atomic mass is 32.2. The molecule has 0 saturated heterocycles. The van der Waals surface area contributed by atoms with Crippen molar-refractivity contribution in [1.29, 1.82) is 0 Å². The molecule has 1 aromatic rings. The molecule has 1 aliphatic rings. The zero-order valence-electron chi connectivity index (χ0n) is 9.06. The van der Waals surface area contributed by atoms with Crippen LogP contribution in [0.2, 0.25) is 0 Å². The Morgan fingerprint density at radius 2 is 2.06 bits per heavy atom. The molecule has 0 spiro atoms. The van der Waals surface area contributed by atoms with Crippen LogP contribution in [0.5, 0.6) is 0 Å². The lowest BCUT2D eigenvalue weighted by atomic mass is 10.3. The number of anilines is 1. The predicted molar refractivity (Wildman–Crippen MR) is 63.8 cm³/mol. The van der Waals surface area contributed by atoms with E-state index < -0.39 is 10.0 Å². The van der Waals surface area contributed by atoms with E-state index in [0.717, 1.165) is 37.0 Å². The van der Waals surface area contributed by atoms with Crippen LogP contribution in [0.3, 0.4) is 0 Å². The number of nitrogen functional groups attached to an aromatic ring is 1. The van der Waals surface area contributed by atoms with E-state index in [1.807, 2.05) is 0 Å². The van der Waals surface area contributed by atoms with E-state index in [1.54, 1.807) is 6.92 Å². The molecule has 0 aromatic carbocycles. The molecular weight excluding hydrogens is 246 g/mol. The van der Waals surface area contributed by atoms with Gasteiger partial charge in [0, 0.05) is 6.04 Å². The lowest BCUT2D eigenvalue weighted by molar-refractivity contribution is 0.553. The highest BCUT2D eigenvalue weighted by Gasteiger charge is 2.26. The molecule has 3 N–H and O–H groups in total. The third kappa shape index (κ3) is 2.36. The van der Waals surface area contributed by atoms with E-state index in [-0.39, 0.29) is 10.3 Å². The fourth-order valence-corrected chi connectivity index (χ4v) is 4.59. The lowest BCUT2D eigenvalue weighted by Crippen LogP contribution is -2.32. The average molecular weight is 261 g/mol. The first-order valence-corrected chi connectivity index (χ1v) is 7.54. The van der Waals surface area contributed by atoms with E-state index in [0.29, 0.717) is 10.8 Å². The van der Waals surface area contributed by atoms with Crippen LogP contribution in [0, 0.1) is 6.92 Å². The molecule has 1 aliphatic carbocycles. The Morgan fingerprint density at radius 1 is 1.44 bits per heavy atom. The van der Waals surface area contributed by atoms with Crippen LogP contribution in [-0.4, -0.2) is 19.4 Å². The molecule has 0 amide bonds. The van der Waals surface area contributed by atoms with Gasteiger partial charge in [0.05, 0.1) is 5.69 Å². The van der Waals surface area contributed by atoms with Crippen LogP contribution in [0.25, 0.3) is 0 Å². The number of aryl methyl sites for hydroxylation is 1. The smallest absolute Gasteiger partial charge is 0.252 e. The summed E-state index contributed by atoms with van der Waals surface area (Å²) in [6, 6.07) is 0.0766. The summed E-state index contributed by atoms with van der Waals surface area (Å²) in [4.78, 5) is 3.93. The first-order valence-electron chi connectivity index (χ1n) is 5.24. The Morgan fingerprint density at radius 3 is 2.56 bits per heavy atom. The van der Waals surface area contributed by atoms with Crippen LogP contribution in [0.4, 0.5) is 5.13 Å². The second-order valence-electron chi connectivity index (χ2n) is 4.03. The zero-order valence-corrected chi connectivity index (χ0v) is 10.7. The predicted octanol–water partition coefficient (Wildman–Crippen LogP) is 1.25. The van der Waals surface area contributed by atoms with Crippen LogP contribution in [-0.2, 0) is 10.0 Å². The van der Waals surface area contributed by atoms with Gasteiger partial charge in [-0.3, -0.25) is 0 Å². The molecule has 0 unspecified atom stereocenters. The summed E-state index contributed by atoms with van der Waals surface area (Å²) in [6.07, 6.45) is 4.03. The van der Waals surface area contributed by atoms with Gasteiger partial charge in [-0.2, -0.15) is 0 Å². The number of nitrogens with two attached hydrogens (primary N) is 1. The van der Waals surface area contributed by atoms with Gasteiger partial charge in [-0.1, -0.05) is 24.2 Å². The summed E-state index contributed by atoms with van der Waals surface area (Å²) in [7, 11) is -3.43. The van der Waals surface area contributed by atoms with Crippen LogP contribution in [0.15, 0.2) is 4.21 Å². The summed E-state index contributed by atoms with van der Waals surface area (Å²) < 4.78 is 27.0. The molecule has 16 heavy (non-hydrogen) atoms. The van der Waals surface area contributed by atoms with Crippen molar-refractivity contribution in [2.75, 3.05) is 5.73 Å². The lowest BCUT2D eigenvalue weighted by Gasteiger charge is -2.11. The number of aromatic nitrogens is 1. The van der Waals surface area contributed by atoms with Crippen molar-refractivity contribution in [3.63, 3.8) is 0 Å². The second-order valence-corrected chi connectivity index (χ2v) is 6.97. The number of nitrogens with one attached hydrogen (secondary N) is 1. The Labute approximate surface area is 99.1 Å². The Balaban J connectivity index is 2.21. The van der Waals surface area contributed by atoms with Gasteiger partial charge in [0.2, 0.25) is 0 Å². The van der Waals surface area contributed by atoms with Crippen molar-refractivity contribution < 1.29 is 8.42 Å². The molecule has 0 bridgehead atoms. The third-order valence-corrected chi connectivity index (χ3v) is 5.81. The summed E-state index contributed by atoms with van der Waals surface area (Å²) >= 11 is 1.02. The maximum atomic E-state index is 12.0. The minimum atomic E-state index is -3.43. The van der Waals surface area contributed by atoms with Gasteiger partial charge in [-0.05, 0) is 19.8 Å². The van der Waals surface area contributed by atoms with Gasteiger partial charge in [0.25, 0.3) is 10.0 Å². The quantitative estimate of drug-likeness (QED) is 0.857. The van der Waals surface area contributed by atoms with Gasteiger partial charge in [-0.25, -0.2) is 18.1 Å². The van der Waals surface area contributed by atoms with Gasteiger partial charge >= 0.3 is 0 Å². The van der Waals surface area contributed by atoms with E-state index in [9.17, 15) is 8.42 Å². The number of sulfonamides is 1. The minimum absolute atomic E-state index is 0.0766. The Bertz CT molecular complexity index is 475. The van der Waals surface area contributed by atoms with Crippen molar-refractivity contribution in [2.45, 2.75) is 42.9 Å². The highest BCUT2D eigenvalue weighted by molar-refractivity contribution is 7.91. The van der Waals surface area contributed by atoms with Gasteiger partial charge in [0.15, 0.2) is 9.34 Å².